The highest BCUT2D eigenvalue weighted by atomic mass is 19.1. The number of amides is 1. The Hall–Kier alpha value is -3.03. The zero-order valence-corrected chi connectivity index (χ0v) is 16.5. The molecular formula is C21H24FN5O2. The normalized spacial score (nSPS) is 22.6. The van der Waals surface area contributed by atoms with Gasteiger partial charge < -0.3 is 15.0 Å². The predicted molar refractivity (Wildman–Crippen MR) is 107 cm³/mol. The summed E-state index contributed by atoms with van der Waals surface area (Å²) in [5.41, 5.74) is 1.85. The number of carbonyl (C=O) groups is 1. The van der Waals surface area contributed by atoms with Gasteiger partial charge in [0.05, 0.1) is 13.3 Å². The lowest BCUT2D eigenvalue weighted by Gasteiger charge is -2.21. The summed E-state index contributed by atoms with van der Waals surface area (Å²) in [4.78, 5) is 26.1. The van der Waals surface area contributed by atoms with Gasteiger partial charge in [-0.15, -0.1) is 0 Å². The van der Waals surface area contributed by atoms with Crippen molar-refractivity contribution in [2.45, 2.75) is 13.3 Å². The first-order valence-electron chi connectivity index (χ1n) is 9.75. The molecule has 2 fully saturated rings. The largest absolute Gasteiger partial charge is 0.467 e. The molecule has 3 heterocycles. The SMILES string of the molecule is COc1ncc(F)c(N2C[C@@H]3C(CCNC(=O)/C=C/c4ccc(C)nc4)[C@@H]3C2)n1. The van der Waals surface area contributed by atoms with E-state index in [1.54, 1.807) is 12.3 Å². The average molecular weight is 397 g/mol. The molecule has 1 aliphatic carbocycles. The van der Waals surface area contributed by atoms with Gasteiger partial charge in [0, 0.05) is 37.6 Å². The molecule has 2 aromatic rings. The number of methoxy groups -OCH3 is 1. The molecule has 29 heavy (non-hydrogen) atoms. The van der Waals surface area contributed by atoms with Crippen molar-refractivity contribution in [1.82, 2.24) is 20.3 Å². The molecule has 3 atom stereocenters. The maximum absolute atomic E-state index is 14.0. The first-order valence-corrected chi connectivity index (χ1v) is 9.75. The number of nitrogens with zero attached hydrogens (tertiary/aromatic N) is 4. The van der Waals surface area contributed by atoms with E-state index in [-0.39, 0.29) is 11.9 Å². The van der Waals surface area contributed by atoms with Crippen molar-refractivity contribution in [3.63, 3.8) is 0 Å². The van der Waals surface area contributed by atoms with Crippen molar-refractivity contribution < 1.29 is 13.9 Å². The van der Waals surface area contributed by atoms with Crippen molar-refractivity contribution in [2.75, 3.05) is 31.6 Å². The Balaban J connectivity index is 1.20. The van der Waals surface area contributed by atoms with Gasteiger partial charge in [-0.05, 0) is 48.8 Å². The van der Waals surface area contributed by atoms with E-state index < -0.39 is 5.82 Å². The summed E-state index contributed by atoms with van der Waals surface area (Å²) >= 11 is 0. The Labute approximate surface area is 169 Å². The lowest BCUT2D eigenvalue weighted by molar-refractivity contribution is -0.116. The van der Waals surface area contributed by atoms with Gasteiger partial charge in [0.15, 0.2) is 11.6 Å². The van der Waals surface area contributed by atoms with Gasteiger partial charge in [-0.25, -0.2) is 9.37 Å². The molecule has 1 amide bonds. The summed E-state index contributed by atoms with van der Waals surface area (Å²) in [5.74, 6) is 1.41. The van der Waals surface area contributed by atoms with Gasteiger partial charge in [0.2, 0.25) is 5.91 Å². The van der Waals surface area contributed by atoms with Crippen LogP contribution in [0.25, 0.3) is 6.08 Å². The van der Waals surface area contributed by atoms with Crippen molar-refractivity contribution >= 4 is 17.8 Å². The van der Waals surface area contributed by atoms with Gasteiger partial charge in [0.25, 0.3) is 0 Å². The molecule has 0 radical (unpaired) electrons. The summed E-state index contributed by atoms with van der Waals surface area (Å²) in [6, 6.07) is 4.02. The Morgan fingerprint density at radius 2 is 2.10 bits per heavy atom. The molecule has 2 aliphatic rings. The van der Waals surface area contributed by atoms with E-state index in [1.165, 1.54) is 13.2 Å². The number of hydrogen-bond acceptors (Lipinski definition) is 6. The third kappa shape index (κ3) is 4.36. The number of halogens is 1. The number of ether oxygens (including phenoxy) is 1. The molecule has 1 N–H and O–H groups in total. The Morgan fingerprint density at radius 3 is 2.79 bits per heavy atom. The summed E-state index contributed by atoms with van der Waals surface area (Å²) in [6.45, 7) is 4.12. The first-order chi connectivity index (χ1) is 14.0. The number of hydrogen-bond donors (Lipinski definition) is 1. The van der Waals surface area contributed by atoms with Crippen LogP contribution in [-0.2, 0) is 4.79 Å². The quantitative estimate of drug-likeness (QED) is 0.722. The van der Waals surface area contributed by atoms with Crippen LogP contribution in [0.1, 0.15) is 17.7 Å². The number of carbonyl (C=O) groups excluding carboxylic acids is 1. The van der Waals surface area contributed by atoms with E-state index >= 15 is 0 Å². The second kappa shape index (κ2) is 8.14. The summed E-state index contributed by atoms with van der Waals surface area (Å²) in [6.07, 6.45) is 7.12. The van der Waals surface area contributed by atoms with Crippen LogP contribution in [0.5, 0.6) is 6.01 Å². The third-order valence-corrected chi connectivity index (χ3v) is 5.70. The number of piperidine rings is 1. The van der Waals surface area contributed by atoms with E-state index in [2.05, 4.69) is 20.3 Å². The molecule has 0 aromatic carbocycles. The lowest BCUT2D eigenvalue weighted by atomic mass is 10.2. The standard InChI is InChI=1S/C21H24FN5O2/c1-13-3-4-14(9-24-13)5-6-19(28)23-8-7-15-16-11-27(12-17(15)16)20-18(22)10-25-21(26-20)29-2/h3-6,9-10,15-17H,7-8,11-12H2,1-2H3,(H,23,28)/b6-5+/t15?,16-,17+. The first kappa shape index (κ1) is 19.3. The lowest BCUT2D eigenvalue weighted by Crippen LogP contribution is -2.28. The maximum Gasteiger partial charge on any atom is 0.318 e. The van der Waals surface area contributed by atoms with Crippen LogP contribution in [0, 0.1) is 30.5 Å². The number of anilines is 1. The summed E-state index contributed by atoms with van der Waals surface area (Å²) < 4.78 is 19.0. The van der Waals surface area contributed by atoms with Crippen LogP contribution in [0.3, 0.4) is 0 Å². The highest BCUT2D eigenvalue weighted by Gasteiger charge is 2.55. The van der Waals surface area contributed by atoms with Crippen LogP contribution < -0.4 is 15.0 Å². The molecule has 152 valence electrons. The van der Waals surface area contributed by atoms with E-state index in [1.807, 2.05) is 24.0 Å². The maximum atomic E-state index is 14.0. The molecule has 1 saturated carbocycles. The van der Waals surface area contributed by atoms with E-state index in [0.717, 1.165) is 37.0 Å². The van der Waals surface area contributed by atoms with Crippen molar-refractivity contribution in [3.05, 3.63) is 47.7 Å². The number of pyridine rings is 1. The van der Waals surface area contributed by atoms with Crippen molar-refractivity contribution in [3.8, 4) is 6.01 Å². The zero-order chi connectivity index (χ0) is 20.4. The van der Waals surface area contributed by atoms with Crippen LogP contribution in [0.4, 0.5) is 10.2 Å². The van der Waals surface area contributed by atoms with Gasteiger partial charge in [-0.3, -0.25) is 9.78 Å². The molecule has 1 aliphatic heterocycles. The molecule has 7 nitrogen and oxygen atoms in total. The Bertz CT molecular complexity index is 906. The second-order valence-electron chi connectivity index (χ2n) is 7.57. The van der Waals surface area contributed by atoms with Crippen molar-refractivity contribution in [2.24, 2.45) is 17.8 Å². The molecule has 1 unspecified atom stereocenters. The summed E-state index contributed by atoms with van der Waals surface area (Å²) in [5, 5.41) is 2.94. The molecule has 2 aromatic heterocycles. The highest BCUT2D eigenvalue weighted by molar-refractivity contribution is 5.91. The molecule has 0 spiro atoms. The van der Waals surface area contributed by atoms with Crippen molar-refractivity contribution in [1.29, 1.82) is 0 Å². The zero-order valence-electron chi connectivity index (χ0n) is 16.5. The van der Waals surface area contributed by atoms with Crippen LogP contribution in [0.15, 0.2) is 30.6 Å². The van der Waals surface area contributed by atoms with Gasteiger partial charge >= 0.3 is 6.01 Å². The number of fused-ring (bicyclic) bond motifs is 1. The molecule has 8 heteroatoms. The fourth-order valence-electron chi connectivity index (χ4n) is 4.08. The minimum Gasteiger partial charge on any atom is -0.467 e. The number of nitrogens with one attached hydrogen (secondary N) is 1. The minimum atomic E-state index is -0.425. The molecule has 4 rings (SSSR count). The number of rotatable bonds is 7. The number of aromatic nitrogens is 3. The summed E-state index contributed by atoms with van der Waals surface area (Å²) in [7, 11) is 1.47. The van der Waals surface area contributed by atoms with Crippen LogP contribution in [-0.4, -0.2) is 47.6 Å². The Kier molecular flexibility index (Phi) is 5.42. The Morgan fingerprint density at radius 1 is 1.31 bits per heavy atom. The predicted octanol–water partition coefficient (Wildman–Crippen LogP) is 2.23. The fourth-order valence-corrected chi connectivity index (χ4v) is 4.08. The fraction of sp³-hybridized carbons (Fsp3) is 0.429. The van der Waals surface area contributed by atoms with E-state index in [9.17, 15) is 9.18 Å². The van der Waals surface area contributed by atoms with Gasteiger partial charge in [-0.1, -0.05) is 6.07 Å². The van der Waals surface area contributed by atoms with Gasteiger partial charge in [-0.2, -0.15) is 4.98 Å². The number of aryl methyl sites for hydroxylation is 1. The second-order valence-corrected chi connectivity index (χ2v) is 7.57. The van der Waals surface area contributed by atoms with E-state index in [4.69, 9.17) is 4.74 Å². The molecule has 0 bridgehead atoms. The van der Waals surface area contributed by atoms with E-state index in [0.29, 0.717) is 30.1 Å². The third-order valence-electron chi connectivity index (χ3n) is 5.70. The highest BCUT2D eigenvalue weighted by Crippen LogP contribution is 2.54. The average Bonchev–Trinajstić information content (AvgIpc) is 3.17. The van der Waals surface area contributed by atoms with Crippen LogP contribution >= 0.6 is 0 Å². The topological polar surface area (TPSA) is 80.2 Å². The molecular weight excluding hydrogens is 373 g/mol. The van der Waals surface area contributed by atoms with Gasteiger partial charge in [0.1, 0.15) is 0 Å². The van der Waals surface area contributed by atoms with Crippen LogP contribution in [0.2, 0.25) is 0 Å². The minimum absolute atomic E-state index is 0.104. The molecule has 1 saturated heterocycles. The monoisotopic (exact) mass is 397 g/mol. The smallest absolute Gasteiger partial charge is 0.318 e.